The highest BCUT2D eigenvalue weighted by atomic mass is 19.4. The number of piperidine rings is 1. The summed E-state index contributed by atoms with van der Waals surface area (Å²) < 4.78 is 40.1. The molecule has 7 nitrogen and oxygen atoms in total. The Morgan fingerprint density at radius 2 is 1.74 bits per heavy atom. The van der Waals surface area contributed by atoms with Gasteiger partial charge in [-0.1, -0.05) is 36.4 Å². The van der Waals surface area contributed by atoms with Gasteiger partial charge in [0.1, 0.15) is 5.75 Å². The van der Waals surface area contributed by atoms with Gasteiger partial charge < -0.3 is 19.7 Å². The molecule has 35 heavy (non-hydrogen) atoms. The van der Waals surface area contributed by atoms with Gasteiger partial charge in [-0.3, -0.25) is 0 Å². The minimum atomic E-state index is -5.08. The number of hydrogen-bond acceptors (Lipinski definition) is 5. The van der Waals surface area contributed by atoms with Crippen molar-refractivity contribution in [1.82, 2.24) is 19.9 Å². The van der Waals surface area contributed by atoms with Crippen LogP contribution in [0.1, 0.15) is 19.3 Å². The monoisotopic (exact) mass is 486 g/mol. The summed E-state index contributed by atoms with van der Waals surface area (Å²) in [7, 11) is 0. The van der Waals surface area contributed by atoms with Gasteiger partial charge in [-0.05, 0) is 56.5 Å². The summed E-state index contributed by atoms with van der Waals surface area (Å²) in [6, 6.07) is 18.0. The van der Waals surface area contributed by atoms with Gasteiger partial charge in [-0.2, -0.15) is 13.2 Å². The Hall–Kier alpha value is -3.66. The zero-order valence-electron chi connectivity index (χ0n) is 18.8. The van der Waals surface area contributed by atoms with Gasteiger partial charge in [0, 0.05) is 11.9 Å². The first kappa shape index (κ1) is 24.5. The van der Waals surface area contributed by atoms with E-state index < -0.39 is 12.1 Å². The average molecular weight is 486 g/mol. The van der Waals surface area contributed by atoms with E-state index in [0.717, 1.165) is 53.2 Å². The SMILES string of the molecule is O=C(O)C(F)(F)F.c1ccc(Oc2nc3ccccc3c3c2ncn3CCC2CCNCC2)cc1. The number of nitrogens with zero attached hydrogens (tertiary/aromatic N) is 3. The van der Waals surface area contributed by atoms with E-state index in [1.54, 1.807) is 0 Å². The third-order valence-corrected chi connectivity index (χ3v) is 5.86. The molecule has 184 valence electrons. The molecule has 0 aliphatic carbocycles. The van der Waals surface area contributed by atoms with Gasteiger partial charge in [0.15, 0.2) is 5.52 Å². The van der Waals surface area contributed by atoms with Gasteiger partial charge in [0.05, 0.1) is 17.4 Å². The molecule has 0 saturated carbocycles. The number of para-hydroxylation sites is 2. The molecule has 0 unspecified atom stereocenters. The molecule has 1 aliphatic rings. The second-order valence-corrected chi connectivity index (χ2v) is 8.27. The topological polar surface area (TPSA) is 89.3 Å². The Balaban J connectivity index is 0.000000364. The van der Waals surface area contributed by atoms with Crippen molar-refractivity contribution in [2.45, 2.75) is 32.0 Å². The van der Waals surface area contributed by atoms with Crippen LogP contribution in [-0.2, 0) is 11.3 Å². The van der Waals surface area contributed by atoms with E-state index in [2.05, 4.69) is 22.0 Å². The van der Waals surface area contributed by atoms with Crippen molar-refractivity contribution < 1.29 is 27.8 Å². The van der Waals surface area contributed by atoms with Gasteiger partial charge >= 0.3 is 12.1 Å². The van der Waals surface area contributed by atoms with Crippen LogP contribution in [0.25, 0.3) is 21.9 Å². The Morgan fingerprint density at radius 1 is 1.09 bits per heavy atom. The Kier molecular flexibility index (Phi) is 7.50. The fourth-order valence-electron chi connectivity index (χ4n) is 4.09. The van der Waals surface area contributed by atoms with Crippen LogP contribution in [0.15, 0.2) is 60.9 Å². The van der Waals surface area contributed by atoms with E-state index in [0.29, 0.717) is 5.88 Å². The fourth-order valence-corrected chi connectivity index (χ4v) is 4.09. The minimum absolute atomic E-state index is 0.570. The van der Waals surface area contributed by atoms with Crippen molar-refractivity contribution in [3.05, 3.63) is 60.9 Å². The Morgan fingerprint density at radius 3 is 2.43 bits per heavy atom. The lowest BCUT2D eigenvalue weighted by atomic mass is 9.95. The minimum Gasteiger partial charge on any atom is -0.475 e. The van der Waals surface area contributed by atoms with E-state index in [-0.39, 0.29) is 0 Å². The lowest BCUT2D eigenvalue weighted by Crippen LogP contribution is -2.28. The third kappa shape index (κ3) is 6.07. The zero-order valence-corrected chi connectivity index (χ0v) is 18.8. The van der Waals surface area contributed by atoms with E-state index >= 15 is 0 Å². The van der Waals surface area contributed by atoms with Gasteiger partial charge in [0.2, 0.25) is 5.88 Å². The molecule has 5 rings (SSSR count). The highest BCUT2D eigenvalue weighted by Gasteiger charge is 2.38. The summed E-state index contributed by atoms with van der Waals surface area (Å²) in [5, 5.41) is 11.7. The maximum Gasteiger partial charge on any atom is 0.490 e. The summed E-state index contributed by atoms with van der Waals surface area (Å²) in [6.07, 6.45) is 0.561. The van der Waals surface area contributed by atoms with Crippen LogP contribution in [-0.4, -0.2) is 44.9 Å². The molecule has 1 fully saturated rings. The number of imidazole rings is 1. The summed E-state index contributed by atoms with van der Waals surface area (Å²) in [5.41, 5.74) is 2.88. The van der Waals surface area contributed by atoms with Gasteiger partial charge in [0.25, 0.3) is 0 Å². The number of alkyl halides is 3. The first-order chi connectivity index (χ1) is 16.8. The lowest BCUT2D eigenvalue weighted by Gasteiger charge is -2.22. The Labute approximate surface area is 199 Å². The molecule has 3 heterocycles. The van der Waals surface area contributed by atoms with Crippen molar-refractivity contribution in [3.63, 3.8) is 0 Å². The molecule has 0 bridgehead atoms. The summed E-state index contributed by atoms with van der Waals surface area (Å²) in [6.45, 7) is 3.24. The number of aromatic nitrogens is 3. The van der Waals surface area contributed by atoms with Crippen LogP contribution >= 0.6 is 0 Å². The molecule has 0 amide bonds. The molecule has 0 radical (unpaired) electrons. The molecule has 0 spiro atoms. The maximum atomic E-state index is 10.6. The number of carboxylic acid groups (broad SMARTS) is 1. The normalized spacial score (nSPS) is 14.5. The smallest absolute Gasteiger partial charge is 0.475 e. The second kappa shape index (κ2) is 10.7. The number of rotatable bonds is 5. The van der Waals surface area contributed by atoms with Crippen LogP contribution in [0.3, 0.4) is 0 Å². The molecule has 2 N–H and O–H groups in total. The molecule has 1 aliphatic heterocycles. The third-order valence-electron chi connectivity index (χ3n) is 5.86. The lowest BCUT2D eigenvalue weighted by molar-refractivity contribution is -0.192. The number of hydrogen-bond donors (Lipinski definition) is 2. The van der Waals surface area contributed by atoms with E-state index in [1.165, 1.54) is 19.3 Å². The predicted octanol–water partition coefficient (Wildman–Crippen LogP) is 5.40. The molecule has 4 aromatic rings. The van der Waals surface area contributed by atoms with Crippen LogP contribution in [0.2, 0.25) is 0 Å². The van der Waals surface area contributed by atoms with Crippen molar-refractivity contribution in [1.29, 1.82) is 0 Å². The molecule has 0 atom stereocenters. The molecule has 2 aromatic heterocycles. The van der Waals surface area contributed by atoms with Crippen molar-refractivity contribution in [2.24, 2.45) is 5.92 Å². The number of fused-ring (bicyclic) bond motifs is 3. The number of benzene rings is 2. The molecular formula is C25H25F3N4O3. The van der Waals surface area contributed by atoms with Crippen LogP contribution in [0, 0.1) is 5.92 Å². The van der Waals surface area contributed by atoms with E-state index in [9.17, 15) is 13.2 Å². The van der Waals surface area contributed by atoms with Crippen molar-refractivity contribution in [2.75, 3.05) is 13.1 Å². The van der Waals surface area contributed by atoms with Crippen LogP contribution < -0.4 is 10.1 Å². The zero-order chi connectivity index (χ0) is 24.8. The highest BCUT2D eigenvalue weighted by molar-refractivity contribution is 6.04. The maximum absolute atomic E-state index is 10.6. The number of nitrogens with one attached hydrogen (secondary N) is 1. The second-order valence-electron chi connectivity index (χ2n) is 8.27. The first-order valence-electron chi connectivity index (χ1n) is 11.3. The summed E-state index contributed by atoms with van der Waals surface area (Å²) in [4.78, 5) is 18.3. The highest BCUT2D eigenvalue weighted by Crippen LogP contribution is 2.33. The standard InChI is InChI=1S/C23H24N4O.C2HF3O2/c1-2-6-18(7-3-1)28-23-21-22(19-8-4-5-9-20(19)26-23)27(16-25-21)15-12-17-10-13-24-14-11-17;3-2(4,5)1(6)7/h1-9,16-17,24H,10-15H2;(H,6,7). The van der Waals surface area contributed by atoms with Crippen LogP contribution in [0.5, 0.6) is 11.6 Å². The molecule has 10 heteroatoms. The van der Waals surface area contributed by atoms with Crippen molar-refractivity contribution >= 4 is 27.9 Å². The van der Waals surface area contributed by atoms with Crippen LogP contribution in [0.4, 0.5) is 13.2 Å². The molecule has 2 aromatic carbocycles. The number of ether oxygens (including phenoxy) is 1. The largest absolute Gasteiger partial charge is 0.490 e. The molecule has 1 saturated heterocycles. The number of pyridine rings is 1. The molecular weight excluding hydrogens is 461 g/mol. The van der Waals surface area contributed by atoms with E-state index in [4.69, 9.17) is 24.6 Å². The number of aryl methyl sites for hydroxylation is 1. The fraction of sp³-hybridized carbons (Fsp3) is 0.320. The first-order valence-corrected chi connectivity index (χ1v) is 11.3. The predicted molar refractivity (Wildman–Crippen MR) is 125 cm³/mol. The quantitative estimate of drug-likeness (QED) is 0.393. The number of carbonyl (C=O) groups is 1. The average Bonchev–Trinajstić information content (AvgIpc) is 3.29. The number of carboxylic acids is 1. The summed E-state index contributed by atoms with van der Waals surface area (Å²) >= 11 is 0. The van der Waals surface area contributed by atoms with E-state index in [1.807, 2.05) is 48.8 Å². The number of aliphatic carboxylic acids is 1. The Bertz CT molecular complexity index is 1290. The van der Waals surface area contributed by atoms with Gasteiger partial charge in [-0.25, -0.2) is 14.8 Å². The van der Waals surface area contributed by atoms with Crippen molar-refractivity contribution in [3.8, 4) is 11.6 Å². The van der Waals surface area contributed by atoms with Gasteiger partial charge in [-0.15, -0.1) is 0 Å². The summed E-state index contributed by atoms with van der Waals surface area (Å²) in [5.74, 6) is -0.629. The number of halogens is 3.